The second kappa shape index (κ2) is 7.37. The maximum absolute atomic E-state index is 11.9. The van der Waals surface area contributed by atoms with Crippen molar-refractivity contribution in [2.45, 2.75) is 44.0 Å². The minimum Gasteiger partial charge on any atom is -0.353 e. The average molecular weight is 382 g/mol. The van der Waals surface area contributed by atoms with Crippen molar-refractivity contribution in [3.8, 4) is 0 Å². The number of thioether (sulfide) groups is 1. The van der Waals surface area contributed by atoms with Gasteiger partial charge < -0.3 is 10.6 Å². The zero-order chi connectivity index (χ0) is 18.0. The molecule has 2 heterocycles. The summed E-state index contributed by atoms with van der Waals surface area (Å²) in [4.78, 5) is 16.4. The molecule has 1 saturated heterocycles. The van der Waals surface area contributed by atoms with E-state index in [0.29, 0.717) is 6.42 Å². The van der Waals surface area contributed by atoms with E-state index in [9.17, 15) is 13.2 Å². The third kappa shape index (κ3) is 4.76. The quantitative estimate of drug-likeness (QED) is 0.812. The van der Waals surface area contributed by atoms with Crippen molar-refractivity contribution < 1.29 is 13.2 Å². The van der Waals surface area contributed by atoms with Crippen molar-refractivity contribution in [2.24, 2.45) is 4.99 Å². The van der Waals surface area contributed by atoms with Gasteiger partial charge in [0.2, 0.25) is 5.91 Å². The molecule has 0 unspecified atom stereocenters. The molecule has 136 valence electrons. The zero-order valence-corrected chi connectivity index (χ0v) is 16.0. The number of amides is 1. The standard InChI is InChI=1S/C17H23N3O3S2/c1-3-11(2)18-16(21)8-12-4-6-13(7-5-12)19-17-20-14-9-25(22,23)10-15(14)24-17/h4-7,11,14-15H,3,8-10H2,1-2H3,(H,18,21)(H,19,20)/t11-,14-,15-/m0/s1. The molecule has 0 bridgehead atoms. The smallest absolute Gasteiger partial charge is 0.224 e. The van der Waals surface area contributed by atoms with Crippen LogP contribution in [0, 0.1) is 0 Å². The van der Waals surface area contributed by atoms with Gasteiger partial charge in [-0.05, 0) is 31.0 Å². The normalized spacial score (nSPS) is 25.1. The molecule has 2 aliphatic heterocycles. The molecule has 6 nitrogen and oxygen atoms in total. The summed E-state index contributed by atoms with van der Waals surface area (Å²) in [5.74, 6) is 0.390. The van der Waals surface area contributed by atoms with Gasteiger partial charge in [0.1, 0.15) is 0 Å². The van der Waals surface area contributed by atoms with E-state index >= 15 is 0 Å². The number of rotatable bonds is 5. The first-order valence-electron chi connectivity index (χ1n) is 8.45. The Labute approximate surface area is 152 Å². The Kier molecular flexibility index (Phi) is 5.38. The highest BCUT2D eigenvalue weighted by Crippen LogP contribution is 2.34. The third-order valence-electron chi connectivity index (χ3n) is 4.41. The summed E-state index contributed by atoms with van der Waals surface area (Å²) in [6.45, 7) is 4.03. The Morgan fingerprint density at radius 1 is 1.32 bits per heavy atom. The van der Waals surface area contributed by atoms with Crippen molar-refractivity contribution in [1.82, 2.24) is 5.32 Å². The molecule has 0 radical (unpaired) electrons. The van der Waals surface area contributed by atoms with Crippen molar-refractivity contribution in [3.05, 3.63) is 29.8 Å². The summed E-state index contributed by atoms with van der Waals surface area (Å²) in [6.07, 6.45) is 1.28. The van der Waals surface area contributed by atoms with Crippen molar-refractivity contribution >= 4 is 38.4 Å². The number of carbonyl (C=O) groups is 1. The van der Waals surface area contributed by atoms with E-state index in [-0.39, 0.29) is 34.7 Å². The molecule has 2 N–H and O–H groups in total. The maximum Gasteiger partial charge on any atom is 0.224 e. The van der Waals surface area contributed by atoms with Crippen LogP contribution in [0.4, 0.5) is 5.69 Å². The van der Waals surface area contributed by atoms with Crippen LogP contribution in [0.15, 0.2) is 29.3 Å². The summed E-state index contributed by atoms with van der Waals surface area (Å²) in [5, 5.41) is 7.00. The van der Waals surface area contributed by atoms with E-state index in [0.717, 1.165) is 22.8 Å². The number of aliphatic imine (C=N–C) groups is 1. The van der Waals surface area contributed by atoms with E-state index in [4.69, 9.17) is 0 Å². The van der Waals surface area contributed by atoms with Crippen LogP contribution in [0.25, 0.3) is 0 Å². The van der Waals surface area contributed by atoms with Crippen LogP contribution in [0.2, 0.25) is 0 Å². The summed E-state index contributed by atoms with van der Waals surface area (Å²) in [7, 11) is -2.92. The van der Waals surface area contributed by atoms with Crippen LogP contribution in [0.1, 0.15) is 25.8 Å². The molecule has 2 aliphatic rings. The van der Waals surface area contributed by atoms with Crippen molar-refractivity contribution in [1.29, 1.82) is 0 Å². The third-order valence-corrected chi connectivity index (χ3v) is 7.55. The second-order valence-electron chi connectivity index (χ2n) is 6.61. The van der Waals surface area contributed by atoms with E-state index in [1.165, 1.54) is 11.8 Å². The van der Waals surface area contributed by atoms with Gasteiger partial charge in [-0.25, -0.2) is 8.42 Å². The van der Waals surface area contributed by atoms with Crippen LogP contribution in [0.3, 0.4) is 0 Å². The van der Waals surface area contributed by atoms with Crippen molar-refractivity contribution in [2.75, 3.05) is 16.8 Å². The highest BCUT2D eigenvalue weighted by atomic mass is 32.2. The van der Waals surface area contributed by atoms with Gasteiger partial charge in [0.15, 0.2) is 15.0 Å². The van der Waals surface area contributed by atoms with E-state index in [1.54, 1.807) is 0 Å². The molecule has 0 spiro atoms. The van der Waals surface area contributed by atoms with Crippen LogP contribution in [-0.4, -0.2) is 48.3 Å². The fraction of sp³-hybridized carbons (Fsp3) is 0.529. The van der Waals surface area contributed by atoms with Crippen molar-refractivity contribution in [3.63, 3.8) is 0 Å². The van der Waals surface area contributed by atoms with Crippen LogP contribution >= 0.6 is 11.8 Å². The lowest BCUT2D eigenvalue weighted by molar-refractivity contribution is -0.121. The Hall–Kier alpha value is -1.54. The fourth-order valence-electron chi connectivity index (χ4n) is 2.86. The molecule has 0 aliphatic carbocycles. The summed E-state index contributed by atoms with van der Waals surface area (Å²) in [5.41, 5.74) is 1.84. The van der Waals surface area contributed by atoms with Gasteiger partial charge in [-0.3, -0.25) is 9.79 Å². The Morgan fingerprint density at radius 3 is 2.68 bits per heavy atom. The number of hydrogen-bond acceptors (Lipinski definition) is 6. The molecular formula is C17H23N3O3S2. The monoisotopic (exact) mass is 381 g/mol. The molecule has 0 saturated carbocycles. The Balaban J connectivity index is 1.54. The lowest BCUT2D eigenvalue weighted by Gasteiger charge is -2.11. The van der Waals surface area contributed by atoms with Crippen LogP contribution in [0.5, 0.6) is 0 Å². The van der Waals surface area contributed by atoms with Gasteiger partial charge in [-0.15, -0.1) is 0 Å². The molecule has 1 fully saturated rings. The van der Waals surface area contributed by atoms with Crippen LogP contribution in [-0.2, 0) is 21.1 Å². The molecule has 0 aromatic heterocycles. The molecule has 25 heavy (non-hydrogen) atoms. The minimum absolute atomic E-state index is 0.0276. The number of benzene rings is 1. The molecule has 1 amide bonds. The molecular weight excluding hydrogens is 358 g/mol. The average Bonchev–Trinajstić information content (AvgIpc) is 3.01. The summed E-state index contributed by atoms with van der Waals surface area (Å²) < 4.78 is 23.2. The van der Waals surface area contributed by atoms with Gasteiger partial charge >= 0.3 is 0 Å². The van der Waals surface area contributed by atoms with Crippen LogP contribution < -0.4 is 10.6 Å². The number of sulfone groups is 1. The van der Waals surface area contributed by atoms with Gasteiger partial charge in [0, 0.05) is 17.0 Å². The molecule has 8 heteroatoms. The number of nitrogens with one attached hydrogen (secondary N) is 2. The largest absolute Gasteiger partial charge is 0.353 e. The first-order chi connectivity index (χ1) is 11.8. The second-order valence-corrected chi connectivity index (χ2v) is 9.99. The van der Waals surface area contributed by atoms with Gasteiger partial charge in [0.05, 0.1) is 24.0 Å². The highest BCUT2D eigenvalue weighted by Gasteiger charge is 2.42. The number of fused-ring (bicyclic) bond motifs is 1. The van der Waals surface area contributed by atoms with Gasteiger partial charge in [0.25, 0.3) is 0 Å². The first-order valence-corrected chi connectivity index (χ1v) is 11.1. The fourth-order valence-corrected chi connectivity index (χ4v) is 6.53. The molecule has 3 rings (SSSR count). The van der Waals surface area contributed by atoms with Gasteiger partial charge in [-0.2, -0.15) is 0 Å². The topological polar surface area (TPSA) is 87.6 Å². The number of amidine groups is 1. The summed E-state index contributed by atoms with van der Waals surface area (Å²) >= 11 is 1.50. The minimum atomic E-state index is -2.92. The molecule has 1 aromatic carbocycles. The molecule has 3 atom stereocenters. The predicted molar refractivity (Wildman–Crippen MR) is 103 cm³/mol. The first kappa shape index (κ1) is 18.3. The number of anilines is 1. The van der Waals surface area contributed by atoms with E-state index in [1.807, 2.05) is 38.1 Å². The molecule has 1 aromatic rings. The number of carbonyl (C=O) groups excluding carboxylic acids is 1. The Bertz CT molecular complexity index is 775. The van der Waals surface area contributed by atoms with E-state index in [2.05, 4.69) is 15.6 Å². The Morgan fingerprint density at radius 2 is 2.04 bits per heavy atom. The zero-order valence-electron chi connectivity index (χ0n) is 14.4. The number of nitrogens with zero attached hydrogens (tertiary/aromatic N) is 1. The maximum atomic E-state index is 11.9. The lowest BCUT2D eigenvalue weighted by Crippen LogP contribution is -2.33. The SMILES string of the molecule is CC[C@H](C)NC(=O)Cc1ccc(NC2=N[C@H]3CS(=O)(=O)C[C@@H]3S2)cc1. The predicted octanol–water partition coefficient (Wildman–Crippen LogP) is 1.82. The lowest BCUT2D eigenvalue weighted by atomic mass is 10.1. The number of hydrogen-bond donors (Lipinski definition) is 2. The van der Waals surface area contributed by atoms with E-state index < -0.39 is 9.84 Å². The summed E-state index contributed by atoms with van der Waals surface area (Å²) in [6, 6.07) is 7.74. The van der Waals surface area contributed by atoms with Gasteiger partial charge in [-0.1, -0.05) is 30.8 Å². The highest BCUT2D eigenvalue weighted by molar-refractivity contribution is 8.15.